The topological polar surface area (TPSA) is 72.3 Å². The van der Waals surface area contributed by atoms with E-state index in [1.165, 1.54) is 12.8 Å². The summed E-state index contributed by atoms with van der Waals surface area (Å²) in [4.78, 5) is 6.90. The number of nitrogens with zero attached hydrogens (tertiary/aromatic N) is 5. The molecule has 0 bridgehead atoms. The molecule has 0 amide bonds. The molecule has 2 aromatic heterocycles. The Balaban J connectivity index is 1.70. The van der Waals surface area contributed by atoms with E-state index in [2.05, 4.69) is 20.1 Å². The van der Waals surface area contributed by atoms with E-state index in [1.54, 1.807) is 0 Å². The van der Waals surface area contributed by atoms with Crippen LogP contribution in [0.1, 0.15) is 25.1 Å². The van der Waals surface area contributed by atoms with Gasteiger partial charge in [-0.15, -0.1) is 10.2 Å². The largest absolute Gasteiger partial charge is 0.353 e. The highest BCUT2D eigenvalue weighted by Crippen LogP contribution is 2.37. The van der Waals surface area contributed by atoms with Crippen LogP contribution in [0.5, 0.6) is 0 Å². The average molecular weight is 272 g/mol. The van der Waals surface area contributed by atoms with E-state index < -0.39 is 0 Å². The van der Waals surface area contributed by atoms with Crippen molar-refractivity contribution in [3.8, 4) is 0 Å². The van der Waals surface area contributed by atoms with Crippen LogP contribution >= 0.6 is 0 Å². The van der Waals surface area contributed by atoms with Crippen LogP contribution in [0.3, 0.4) is 0 Å². The van der Waals surface area contributed by atoms with Crippen molar-refractivity contribution in [1.82, 2.24) is 19.6 Å². The van der Waals surface area contributed by atoms with Gasteiger partial charge in [0.05, 0.1) is 0 Å². The molecule has 3 heterocycles. The van der Waals surface area contributed by atoms with E-state index >= 15 is 0 Å². The number of nitrogens with two attached hydrogens (primary N) is 1. The molecule has 2 fully saturated rings. The Hall–Kier alpha value is -1.69. The van der Waals surface area contributed by atoms with Gasteiger partial charge in [0, 0.05) is 31.5 Å². The average Bonchev–Trinajstić information content (AvgIpc) is 3.04. The molecule has 0 spiro atoms. The minimum atomic E-state index is 0.345. The molecule has 6 heteroatoms. The van der Waals surface area contributed by atoms with Crippen LogP contribution in [0.2, 0.25) is 0 Å². The predicted molar refractivity (Wildman–Crippen MR) is 76.5 cm³/mol. The Kier molecular flexibility index (Phi) is 2.66. The molecule has 6 nitrogen and oxygen atoms in total. The van der Waals surface area contributed by atoms with Gasteiger partial charge in [0.15, 0.2) is 5.82 Å². The van der Waals surface area contributed by atoms with Gasteiger partial charge < -0.3 is 10.6 Å². The second kappa shape index (κ2) is 4.41. The number of fused-ring (bicyclic) bond motifs is 2. The lowest BCUT2D eigenvalue weighted by Crippen LogP contribution is -2.38. The van der Waals surface area contributed by atoms with Crippen LogP contribution in [0, 0.1) is 18.8 Å². The third kappa shape index (κ3) is 1.71. The molecular weight excluding hydrogens is 252 g/mol. The van der Waals surface area contributed by atoms with E-state index in [1.807, 2.05) is 23.7 Å². The van der Waals surface area contributed by atoms with Gasteiger partial charge >= 0.3 is 0 Å². The lowest BCUT2D eigenvalue weighted by Gasteiger charge is -2.29. The summed E-state index contributed by atoms with van der Waals surface area (Å²) in [7, 11) is 0. The van der Waals surface area contributed by atoms with Crippen LogP contribution in [0.4, 0.5) is 5.82 Å². The first-order chi connectivity index (χ1) is 9.74. The molecule has 0 aromatic carbocycles. The summed E-state index contributed by atoms with van der Waals surface area (Å²) in [6.07, 6.45) is 7.47. The third-order valence-corrected chi connectivity index (χ3v) is 4.93. The van der Waals surface area contributed by atoms with Gasteiger partial charge in [-0.1, -0.05) is 6.42 Å². The molecule has 3 atom stereocenters. The molecule has 2 aromatic rings. The molecule has 1 saturated heterocycles. The molecule has 1 aliphatic heterocycles. The molecule has 1 aliphatic carbocycles. The number of anilines is 1. The summed E-state index contributed by atoms with van der Waals surface area (Å²) in [6, 6.07) is 0.345. The molecule has 20 heavy (non-hydrogen) atoms. The van der Waals surface area contributed by atoms with E-state index in [0.29, 0.717) is 17.9 Å². The van der Waals surface area contributed by atoms with E-state index in [4.69, 9.17) is 5.73 Å². The summed E-state index contributed by atoms with van der Waals surface area (Å²) in [5.74, 6) is 3.17. The minimum Gasteiger partial charge on any atom is -0.353 e. The zero-order valence-electron chi connectivity index (χ0n) is 11.7. The standard InChI is InChI=1S/C14H20N6/c1-9-17-18-14-13(16-5-6-20(9)14)19-7-10-3-2-4-12(15)11(10)8-19/h5-6,10-12H,2-4,7-8,15H2,1H3. The molecule has 4 rings (SSSR count). The van der Waals surface area contributed by atoms with Gasteiger partial charge in [-0.05, 0) is 31.6 Å². The molecule has 1 saturated carbocycles. The second-order valence-corrected chi connectivity index (χ2v) is 6.12. The lowest BCUT2D eigenvalue weighted by molar-refractivity contribution is 0.260. The third-order valence-electron chi connectivity index (χ3n) is 4.93. The summed E-state index contributed by atoms with van der Waals surface area (Å²) < 4.78 is 2.00. The minimum absolute atomic E-state index is 0.345. The summed E-state index contributed by atoms with van der Waals surface area (Å²) in [5.41, 5.74) is 7.16. The van der Waals surface area contributed by atoms with Gasteiger partial charge in [-0.3, -0.25) is 4.40 Å². The van der Waals surface area contributed by atoms with Gasteiger partial charge in [-0.25, -0.2) is 4.98 Å². The fraction of sp³-hybridized carbons (Fsp3) is 0.643. The first-order valence-corrected chi connectivity index (χ1v) is 7.41. The Morgan fingerprint density at radius 3 is 3.00 bits per heavy atom. The molecular formula is C14H20N6. The highest BCUT2D eigenvalue weighted by Gasteiger charge is 2.39. The smallest absolute Gasteiger partial charge is 0.203 e. The van der Waals surface area contributed by atoms with Crippen LogP contribution in [-0.4, -0.2) is 38.7 Å². The highest BCUT2D eigenvalue weighted by atomic mass is 15.3. The maximum atomic E-state index is 6.30. The number of aryl methyl sites for hydroxylation is 1. The Bertz CT molecular complexity index is 636. The zero-order chi connectivity index (χ0) is 13.7. The first-order valence-electron chi connectivity index (χ1n) is 7.41. The van der Waals surface area contributed by atoms with Gasteiger partial charge in [0.25, 0.3) is 0 Å². The maximum absolute atomic E-state index is 6.30. The second-order valence-electron chi connectivity index (χ2n) is 6.12. The molecule has 0 radical (unpaired) electrons. The monoisotopic (exact) mass is 272 g/mol. The number of rotatable bonds is 1. The van der Waals surface area contributed by atoms with Crippen molar-refractivity contribution >= 4 is 11.5 Å². The number of hydrogen-bond acceptors (Lipinski definition) is 5. The fourth-order valence-corrected chi connectivity index (χ4v) is 3.84. The number of hydrogen-bond donors (Lipinski definition) is 1. The van der Waals surface area contributed by atoms with Crippen LogP contribution in [0.25, 0.3) is 5.65 Å². The lowest BCUT2D eigenvalue weighted by atomic mass is 9.78. The van der Waals surface area contributed by atoms with Crippen LogP contribution < -0.4 is 10.6 Å². The van der Waals surface area contributed by atoms with E-state index in [0.717, 1.165) is 36.8 Å². The van der Waals surface area contributed by atoms with Crippen molar-refractivity contribution in [2.24, 2.45) is 17.6 Å². The van der Waals surface area contributed by atoms with Crippen molar-refractivity contribution < 1.29 is 0 Å². The summed E-state index contributed by atoms with van der Waals surface area (Å²) in [5, 5.41) is 8.43. The van der Waals surface area contributed by atoms with Crippen molar-refractivity contribution in [3.05, 3.63) is 18.2 Å². The van der Waals surface area contributed by atoms with Crippen molar-refractivity contribution in [1.29, 1.82) is 0 Å². The Morgan fingerprint density at radius 2 is 2.15 bits per heavy atom. The fourth-order valence-electron chi connectivity index (χ4n) is 3.84. The van der Waals surface area contributed by atoms with Crippen molar-refractivity contribution in [3.63, 3.8) is 0 Å². The predicted octanol–water partition coefficient (Wildman–Crippen LogP) is 0.996. The first kappa shape index (κ1) is 12.1. The highest BCUT2D eigenvalue weighted by molar-refractivity contribution is 5.64. The molecule has 106 valence electrons. The number of aromatic nitrogens is 4. The zero-order valence-corrected chi connectivity index (χ0v) is 11.7. The Labute approximate surface area is 118 Å². The van der Waals surface area contributed by atoms with Gasteiger partial charge in [-0.2, -0.15) is 0 Å². The molecule has 2 N–H and O–H groups in total. The van der Waals surface area contributed by atoms with Crippen molar-refractivity contribution in [2.75, 3.05) is 18.0 Å². The van der Waals surface area contributed by atoms with Gasteiger partial charge in [0.2, 0.25) is 5.65 Å². The maximum Gasteiger partial charge on any atom is 0.203 e. The van der Waals surface area contributed by atoms with E-state index in [-0.39, 0.29) is 0 Å². The Morgan fingerprint density at radius 1 is 1.25 bits per heavy atom. The van der Waals surface area contributed by atoms with Gasteiger partial charge in [0.1, 0.15) is 5.82 Å². The van der Waals surface area contributed by atoms with E-state index in [9.17, 15) is 0 Å². The normalized spacial score (nSPS) is 29.9. The van der Waals surface area contributed by atoms with Crippen LogP contribution in [-0.2, 0) is 0 Å². The van der Waals surface area contributed by atoms with Crippen LogP contribution in [0.15, 0.2) is 12.4 Å². The quantitative estimate of drug-likeness (QED) is 0.838. The molecule has 3 unspecified atom stereocenters. The van der Waals surface area contributed by atoms with Crippen molar-refractivity contribution in [2.45, 2.75) is 32.2 Å². The summed E-state index contributed by atoms with van der Waals surface area (Å²) >= 11 is 0. The summed E-state index contributed by atoms with van der Waals surface area (Å²) in [6.45, 7) is 4.02. The molecule has 2 aliphatic rings. The SMILES string of the molecule is Cc1nnc2c(N3CC4CCCC(N)C4C3)nccn12.